The fourth-order valence-electron chi connectivity index (χ4n) is 2.25. The van der Waals surface area contributed by atoms with Gasteiger partial charge in [0.2, 0.25) is 0 Å². The molecule has 84 valence electrons. The Labute approximate surface area is 90.8 Å². The van der Waals surface area contributed by atoms with Gasteiger partial charge in [0.15, 0.2) is 0 Å². The van der Waals surface area contributed by atoms with E-state index in [1.54, 1.807) is 0 Å². The van der Waals surface area contributed by atoms with Crippen molar-refractivity contribution in [3.05, 3.63) is 12.4 Å². The predicted molar refractivity (Wildman–Crippen MR) is 61.6 cm³/mol. The lowest BCUT2D eigenvalue weighted by molar-refractivity contribution is 0.321. The second-order valence-electron chi connectivity index (χ2n) is 4.49. The predicted octanol–water partition coefficient (Wildman–Crippen LogP) is 1.35. The summed E-state index contributed by atoms with van der Waals surface area (Å²) in [6, 6.07) is 0.378. The van der Waals surface area contributed by atoms with Gasteiger partial charge in [0, 0.05) is 25.8 Å². The van der Waals surface area contributed by atoms with Gasteiger partial charge in [-0.3, -0.25) is 4.68 Å². The molecule has 2 rings (SSSR count). The molecular formula is C11H20N4. The van der Waals surface area contributed by atoms with Crippen molar-refractivity contribution in [3.8, 4) is 0 Å². The maximum Gasteiger partial charge on any atom is 0.0726 e. The van der Waals surface area contributed by atoms with Gasteiger partial charge in [-0.15, -0.1) is 0 Å². The van der Waals surface area contributed by atoms with Gasteiger partial charge in [0.05, 0.1) is 11.9 Å². The average molecular weight is 208 g/mol. The summed E-state index contributed by atoms with van der Waals surface area (Å²) >= 11 is 0. The van der Waals surface area contributed by atoms with E-state index in [-0.39, 0.29) is 0 Å². The van der Waals surface area contributed by atoms with Crippen molar-refractivity contribution in [2.45, 2.75) is 31.7 Å². The van der Waals surface area contributed by atoms with E-state index >= 15 is 0 Å². The first-order chi connectivity index (χ1) is 7.25. The Morgan fingerprint density at radius 3 is 3.00 bits per heavy atom. The number of nitrogens with zero attached hydrogens (tertiary/aromatic N) is 2. The number of hydrogen-bond acceptors (Lipinski definition) is 3. The summed E-state index contributed by atoms with van der Waals surface area (Å²) in [5.41, 5.74) is 7.18. The van der Waals surface area contributed by atoms with E-state index in [1.165, 1.54) is 25.7 Å². The molecule has 0 radical (unpaired) electrons. The van der Waals surface area contributed by atoms with Gasteiger partial charge in [-0.2, -0.15) is 5.10 Å². The van der Waals surface area contributed by atoms with Crippen molar-refractivity contribution in [2.24, 2.45) is 18.7 Å². The average Bonchev–Trinajstić information content (AvgIpc) is 2.63. The van der Waals surface area contributed by atoms with Crippen molar-refractivity contribution < 1.29 is 0 Å². The molecule has 1 heterocycles. The Bertz CT molecular complexity index is 307. The monoisotopic (exact) mass is 208 g/mol. The summed E-state index contributed by atoms with van der Waals surface area (Å²) in [6.45, 7) is 0.979. The molecule has 0 aromatic carbocycles. The van der Waals surface area contributed by atoms with Crippen LogP contribution in [0.3, 0.4) is 0 Å². The number of aromatic nitrogens is 2. The second kappa shape index (κ2) is 4.66. The van der Waals surface area contributed by atoms with Crippen LogP contribution in [0.4, 0.5) is 5.69 Å². The van der Waals surface area contributed by atoms with Gasteiger partial charge >= 0.3 is 0 Å². The largest absolute Gasteiger partial charge is 0.382 e. The molecule has 1 aliphatic rings. The minimum Gasteiger partial charge on any atom is -0.382 e. The lowest BCUT2D eigenvalue weighted by Gasteiger charge is -2.28. The van der Waals surface area contributed by atoms with Crippen molar-refractivity contribution >= 4 is 5.69 Å². The first-order valence-electron chi connectivity index (χ1n) is 5.74. The lowest BCUT2D eigenvalue weighted by Crippen LogP contribution is -2.37. The molecule has 15 heavy (non-hydrogen) atoms. The summed E-state index contributed by atoms with van der Waals surface area (Å²) in [4.78, 5) is 0. The van der Waals surface area contributed by atoms with Crippen molar-refractivity contribution in [2.75, 3.05) is 11.9 Å². The zero-order valence-electron chi connectivity index (χ0n) is 9.32. The maximum atomic E-state index is 6.09. The molecule has 1 fully saturated rings. The van der Waals surface area contributed by atoms with Gasteiger partial charge in [0.1, 0.15) is 0 Å². The fraction of sp³-hybridized carbons (Fsp3) is 0.727. The number of nitrogens with one attached hydrogen (secondary N) is 1. The molecule has 0 spiro atoms. The summed E-state index contributed by atoms with van der Waals surface area (Å²) in [7, 11) is 1.93. The minimum atomic E-state index is 0.378. The van der Waals surface area contributed by atoms with Crippen LogP contribution in [-0.4, -0.2) is 22.4 Å². The minimum absolute atomic E-state index is 0.378. The van der Waals surface area contributed by atoms with E-state index in [0.717, 1.165) is 12.2 Å². The standard InChI is InChI=1S/C11H20N4/c1-15-8-10(7-14-15)13-6-9-4-2-3-5-11(9)12/h7-9,11,13H,2-6,12H2,1H3. The van der Waals surface area contributed by atoms with Crippen molar-refractivity contribution in [1.82, 2.24) is 9.78 Å². The van der Waals surface area contributed by atoms with Crippen molar-refractivity contribution in [3.63, 3.8) is 0 Å². The Hall–Kier alpha value is -1.03. The summed E-state index contributed by atoms with van der Waals surface area (Å²) < 4.78 is 1.81. The van der Waals surface area contributed by atoms with Crippen LogP contribution in [0.15, 0.2) is 12.4 Å². The highest BCUT2D eigenvalue weighted by molar-refractivity contribution is 5.37. The third-order valence-electron chi connectivity index (χ3n) is 3.24. The highest BCUT2D eigenvalue weighted by Crippen LogP contribution is 2.23. The van der Waals surface area contributed by atoms with Crippen LogP contribution in [0.1, 0.15) is 25.7 Å². The molecule has 4 heteroatoms. The molecule has 1 saturated carbocycles. The quantitative estimate of drug-likeness (QED) is 0.788. The first-order valence-corrected chi connectivity index (χ1v) is 5.74. The van der Waals surface area contributed by atoms with Gasteiger partial charge in [-0.25, -0.2) is 0 Å². The smallest absolute Gasteiger partial charge is 0.0726 e. The molecule has 4 nitrogen and oxygen atoms in total. The third kappa shape index (κ3) is 2.72. The number of hydrogen-bond donors (Lipinski definition) is 2. The first kappa shape index (κ1) is 10.5. The Morgan fingerprint density at radius 2 is 2.33 bits per heavy atom. The van der Waals surface area contributed by atoms with Gasteiger partial charge in [-0.05, 0) is 18.8 Å². The van der Waals surface area contributed by atoms with E-state index in [4.69, 9.17) is 5.73 Å². The van der Waals surface area contributed by atoms with E-state index < -0.39 is 0 Å². The van der Waals surface area contributed by atoms with Crippen LogP contribution in [0, 0.1) is 5.92 Å². The van der Waals surface area contributed by atoms with Gasteiger partial charge < -0.3 is 11.1 Å². The van der Waals surface area contributed by atoms with Gasteiger partial charge in [0.25, 0.3) is 0 Å². The summed E-state index contributed by atoms with van der Waals surface area (Å²) in [6.07, 6.45) is 8.91. The maximum absolute atomic E-state index is 6.09. The topological polar surface area (TPSA) is 55.9 Å². The second-order valence-corrected chi connectivity index (χ2v) is 4.49. The fourth-order valence-corrected chi connectivity index (χ4v) is 2.25. The van der Waals surface area contributed by atoms with Crippen LogP contribution in [-0.2, 0) is 7.05 Å². The summed E-state index contributed by atoms with van der Waals surface area (Å²) in [5, 5.41) is 7.52. The van der Waals surface area contributed by atoms with E-state index in [2.05, 4.69) is 10.4 Å². The summed E-state index contributed by atoms with van der Waals surface area (Å²) in [5.74, 6) is 0.624. The van der Waals surface area contributed by atoms with Crippen LogP contribution >= 0.6 is 0 Å². The van der Waals surface area contributed by atoms with Crippen LogP contribution in [0.5, 0.6) is 0 Å². The number of nitrogens with two attached hydrogens (primary N) is 1. The highest BCUT2D eigenvalue weighted by atomic mass is 15.3. The molecular weight excluding hydrogens is 188 g/mol. The lowest BCUT2D eigenvalue weighted by atomic mass is 9.85. The molecule has 1 aromatic heterocycles. The van der Waals surface area contributed by atoms with E-state index in [0.29, 0.717) is 12.0 Å². The normalized spacial score (nSPS) is 26.5. The third-order valence-corrected chi connectivity index (χ3v) is 3.24. The van der Waals surface area contributed by atoms with Crippen molar-refractivity contribution in [1.29, 1.82) is 0 Å². The molecule has 0 bridgehead atoms. The molecule has 2 unspecified atom stereocenters. The zero-order chi connectivity index (χ0) is 10.7. The molecule has 0 amide bonds. The Kier molecular flexibility index (Phi) is 3.26. The van der Waals surface area contributed by atoms with Crippen LogP contribution < -0.4 is 11.1 Å². The zero-order valence-corrected chi connectivity index (χ0v) is 9.32. The molecule has 0 aliphatic heterocycles. The molecule has 1 aromatic rings. The number of aryl methyl sites for hydroxylation is 1. The number of rotatable bonds is 3. The van der Waals surface area contributed by atoms with Crippen LogP contribution in [0.2, 0.25) is 0 Å². The molecule has 0 saturated heterocycles. The molecule has 1 aliphatic carbocycles. The van der Waals surface area contributed by atoms with Crippen LogP contribution in [0.25, 0.3) is 0 Å². The highest BCUT2D eigenvalue weighted by Gasteiger charge is 2.21. The molecule has 2 atom stereocenters. The SMILES string of the molecule is Cn1cc(NCC2CCCCC2N)cn1. The van der Waals surface area contributed by atoms with E-state index in [1.807, 2.05) is 24.1 Å². The number of anilines is 1. The molecule has 3 N–H and O–H groups in total. The van der Waals surface area contributed by atoms with Gasteiger partial charge in [-0.1, -0.05) is 12.8 Å². The Balaban J connectivity index is 1.81. The van der Waals surface area contributed by atoms with E-state index in [9.17, 15) is 0 Å². The Morgan fingerprint density at radius 1 is 1.53 bits per heavy atom.